The summed E-state index contributed by atoms with van der Waals surface area (Å²) in [6.45, 7) is 2.03. The minimum absolute atomic E-state index is 0.112. The Labute approximate surface area is 126 Å². The summed E-state index contributed by atoms with van der Waals surface area (Å²) in [5.74, 6) is -1.01. The van der Waals surface area contributed by atoms with Crippen LogP contribution in [0.2, 0.25) is 0 Å². The van der Waals surface area contributed by atoms with E-state index in [1.165, 1.54) is 25.7 Å². The van der Waals surface area contributed by atoms with Crippen LogP contribution in [0.3, 0.4) is 0 Å². The number of amides is 1. The highest BCUT2D eigenvalue weighted by Gasteiger charge is 2.34. The fourth-order valence-corrected chi connectivity index (χ4v) is 2.56. The van der Waals surface area contributed by atoms with Gasteiger partial charge in [-0.3, -0.25) is 9.59 Å². The number of hydrogen-bond donors (Lipinski definition) is 3. The SMILES string of the molecule is CCCCCCCCCC(=O)C1=C(O)[C@@H](CCO)NC1=O. The van der Waals surface area contributed by atoms with Crippen molar-refractivity contribution in [3.63, 3.8) is 0 Å². The summed E-state index contributed by atoms with van der Waals surface area (Å²) in [4.78, 5) is 23.7. The first-order valence-corrected chi connectivity index (χ1v) is 7.99. The van der Waals surface area contributed by atoms with Gasteiger partial charge in [0, 0.05) is 13.0 Å². The molecule has 0 saturated heterocycles. The Balaban J connectivity index is 2.32. The number of aliphatic hydroxyl groups is 2. The largest absolute Gasteiger partial charge is 0.509 e. The third-order valence-electron chi connectivity index (χ3n) is 3.82. The molecule has 1 amide bonds. The van der Waals surface area contributed by atoms with Gasteiger partial charge in [-0.2, -0.15) is 0 Å². The van der Waals surface area contributed by atoms with Crippen LogP contribution in [0.25, 0.3) is 0 Å². The highest BCUT2D eigenvalue weighted by atomic mass is 16.3. The molecule has 3 N–H and O–H groups in total. The minimum Gasteiger partial charge on any atom is -0.509 e. The average Bonchev–Trinajstić information content (AvgIpc) is 2.73. The number of nitrogens with one attached hydrogen (secondary N) is 1. The maximum absolute atomic E-state index is 12.0. The Kier molecular flexibility index (Phi) is 8.05. The first-order chi connectivity index (χ1) is 10.1. The van der Waals surface area contributed by atoms with Gasteiger partial charge in [-0.15, -0.1) is 0 Å². The standard InChI is InChI=1S/C16H27NO4/c1-2-3-4-5-6-7-8-9-13(19)14-15(20)12(10-11-18)17-16(14)21/h12,18,20H,2-11H2,1H3,(H,17,21)/t12-/m1/s1. The molecule has 1 rings (SSSR count). The quantitative estimate of drug-likeness (QED) is 0.404. The molecule has 5 nitrogen and oxygen atoms in total. The lowest BCUT2D eigenvalue weighted by Gasteiger charge is -2.07. The number of Topliss-reactive ketones (excluding diaryl/α,β-unsaturated/α-hetero) is 1. The summed E-state index contributed by atoms with van der Waals surface area (Å²) < 4.78 is 0. The molecule has 0 aliphatic carbocycles. The molecule has 0 aromatic rings. The Morgan fingerprint density at radius 2 is 1.76 bits per heavy atom. The molecule has 0 aromatic heterocycles. The van der Waals surface area contributed by atoms with Crippen molar-refractivity contribution in [1.29, 1.82) is 0 Å². The second-order valence-corrected chi connectivity index (χ2v) is 5.59. The second-order valence-electron chi connectivity index (χ2n) is 5.59. The number of aliphatic hydroxyl groups excluding tert-OH is 2. The summed E-state index contributed by atoms with van der Waals surface area (Å²) in [6, 6.07) is -0.615. The van der Waals surface area contributed by atoms with Gasteiger partial charge in [-0.05, 0) is 12.8 Å². The molecule has 120 valence electrons. The molecule has 0 bridgehead atoms. The van der Waals surface area contributed by atoms with Crippen LogP contribution in [0.1, 0.15) is 64.7 Å². The third kappa shape index (κ3) is 5.50. The van der Waals surface area contributed by atoms with E-state index in [-0.39, 0.29) is 30.1 Å². The maximum atomic E-state index is 12.0. The molecule has 0 spiro atoms. The van der Waals surface area contributed by atoms with E-state index in [2.05, 4.69) is 12.2 Å². The Morgan fingerprint density at radius 3 is 2.38 bits per heavy atom. The van der Waals surface area contributed by atoms with E-state index in [1.807, 2.05) is 0 Å². The predicted molar refractivity (Wildman–Crippen MR) is 80.9 cm³/mol. The van der Waals surface area contributed by atoms with Crippen LogP contribution >= 0.6 is 0 Å². The smallest absolute Gasteiger partial charge is 0.259 e. The molecule has 1 aliphatic rings. The Morgan fingerprint density at radius 1 is 1.14 bits per heavy atom. The van der Waals surface area contributed by atoms with Crippen LogP contribution in [0, 0.1) is 0 Å². The molecule has 21 heavy (non-hydrogen) atoms. The molecule has 1 atom stereocenters. The van der Waals surface area contributed by atoms with Crippen LogP contribution in [-0.2, 0) is 9.59 Å². The third-order valence-corrected chi connectivity index (χ3v) is 3.82. The molecule has 0 fully saturated rings. The lowest BCUT2D eigenvalue weighted by molar-refractivity contribution is -0.122. The van der Waals surface area contributed by atoms with Crippen LogP contribution in [0.15, 0.2) is 11.3 Å². The summed E-state index contributed by atoms with van der Waals surface area (Å²) >= 11 is 0. The molecule has 5 heteroatoms. The van der Waals surface area contributed by atoms with Gasteiger partial charge >= 0.3 is 0 Å². The Bertz CT molecular complexity index is 390. The normalized spacial score (nSPS) is 18.2. The second kappa shape index (κ2) is 9.55. The van der Waals surface area contributed by atoms with Gasteiger partial charge < -0.3 is 15.5 Å². The average molecular weight is 297 g/mol. The van der Waals surface area contributed by atoms with Crippen molar-refractivity contribution < 1.29 is 19.8 Å². The van der Waals surface area contributed by atoms with Crippen molar-refractivity contribution in [2.45, 2.75) is 70.8 Å². The van der Waals surface area contributed by atoms with Crippen LogP contribution in [-0.4, -0.2) is 34.6 Å². The van der Waals surface area contributed by atoms with Crippen molar-refractivity contribution in [2.24, 2.45) is 0 Å². The summed E-state index contributed by atoms with van der Waals surface area (Å²) in [5.41, 5.74) is -0.112. The van der Waals surface area contributed by atoms with Gasteiger partial charge in [0.1, 0.15) is 11.3 Å². The van der Waals surface area contributed by atoms with E-state index in [4.69, 9.17) is 5.11 Å². The molecule has 0 aromatic carbocycles. The molecular formula is C16H27NO4. The van der Waals surface area contributed by atoms with E-state index in [0.717, 1.165) is 19.3 Å². The fraction of sp³-hybridized carbons (Fsp3) is 0.750. The molecule has 0 radical (unpaired) electrons. The molecule has 0 saturated carbocycles. The number of unbranched alkanes of at least 4 members (excludes halogenated alkanes) is 6. The molecular weight excluding hydrogens is 270 g/mol. The summed E-state index contributed by atoms with van der Waals surface area (Å²) in [7, 11) is 0. The number of ketones is 1. The van der Waals surface area contributed by atoms with Crippen LogP contribution in [0.4, 0.5) is 0 Å². The van der Waals surface area contributed by atoms with Crippen molar-refractivity contribution in [3.8, 4) is 0 Å². The lowest BCUT2D eigenvalue weighted by atomic mass is 10.0. The van der Waals surface area contributed by atoms with E-state index in [1.54, 1.807) is 0 Å². The number of rotatable bonds is 11. The molecule has 1 aliphatic heterocycles. The molecule has 0 unspecified atom stereocenters. The van der Waals surface area contributed by atoms with E-state index in [0.29, 0.717) is 6.42 Å². The van der Waals surface area contributed by atoms with Gasteiger partial charge in [-0.25, -0.2) is 0 Å². The first kappa shape index (κ1) is 17.7. The highest BCUT2D eigenvalue weighted by Crippen LogP contribution is 2.20. The van der Waals surface area contributed by atoms with Gasteiger partial charge in [0.2, 0.25) is 0 Å². The zero-order valence-electron chi connectivity index (χ0n) is 12.9. The topological polar surface area (TPSA) is 86.6 Å². The monoisotopic (exact) mass is 297 g/mol. The number of hydrogen-bond acceptors (Lipinski definition) is 4. The van der Waals surface area contributed by atoms with Crippen molar-refractivity contribution in [3.05, 3.63) is 11.3 Å². The molecule has 1 heterocycles. The van der Waals surface area contributed by atoms with Crippen molar-refractivity contribution >= 4 is 11.7 Å². The van der Waals surface area contributed by atoms with Gasteiger partial charge in [0.15, 0.2) is 5.78 Å². The predicted octanol–water partition coefficient (Wildman–Crippen LogP) is 2.39. The zero-order valence-corrected chi connectivity index (χ0v) is 12.9. The minimum atomic E-state index is -0.615. The van der Waals surface area contributed by atoms with E-state index in [9.17, 15) is 14.7 Å². The number of carbonyl (C=O) groups is 2. The number of carbonyl (C=O) groups excluding carboxylic acids is 2. The maximum Gasteiger partial charge on any atom is 0.259 e. The fourth-order valence-electron chi connectivity index (χ4n) is 2.56. The van der Waals surface area contributed by atoms with E-state index < -0.39 is 11.9 Å². The van der Waals surface area contributed by atoms with Crippen LogP contribution in [0.5, 0.6) is 0 Å². The lowest BCUT2D eigenvalue weighted by Crippen LogP contribution is -2.30. The van der Waals surface area contributed by atoms with Crippen molar-refractivity contribution in [2.75, 3.05) is 6.61 Å². The Hall–Kier alpha value is -1.36. The van der Waals surface area contributed by atoms with E-state index >= 15 is 0 Å². The van der Waals surface area contributed by atoms with Gasteiger partial charge in [0.05, 0.1) is 6.04 Å². The first-order valence-electron chi connectivity index (χ1n) is 7.99. The summed E-state index contributed by atoms with van der Waals surface area (Å²) in [6.07, 6.45) is 8.26. The summed E-state index contributed by atoms with van der Waals surface area (Å²) in [5, 5.41) is 21.2. The van der Waals surface area contributed by atoms with Crippen LogP contribution < -0.4 is 5.32 Å². The van der Waals surface area contributed by atoms with Gasteiger partial charge in [0.25, 0.3) is 5.91 Å². The van der Waals surface area contributed by atoms with Crippen molar-refractivity contribution in [1.82, 2.24) is 5.32 Å². The van der Waals surface area contributed by atoms with Gasteiger partial charge in [-0.1, -0.05) is 45.4 Å². The zero-order chi connectivity index (χ0) is 15.7. The highest BCUT2D eigenvalue weighted by molar-refractivity contribution is 6.21.